The van der Waals surface area contributed by atoms with E-state index in [9.17, 15) is 13.2 Å². The molecule has 0 unspecified atom stereocenters. The fourth-order valence-electron chi connectivity index (χ4n) is 2.05. The second-order valence-corrected chi connectivity index (χ2v) is 7.15. The molecular weight excluding hydrogens is 318 g/mol. The number of hydrogen-bond donors (Lipinski definition) is 2. The molecule has 0 fully saturated rings. The van der Waals surface area contributed by atoms with Crippen molar-refractivity contribution in [3.05, 3.63) is 47.2 Å². The average molecular weight is 337 g/mol. The smallest absolute Gasteiger partial charge is 0.243 e. The third-order valence-corrected chi connectivity index (χ3v) is 4.49. The second kappa shape index (κ2) is 6.93. The molecule has 0 aliphatic carbocycles. The van der Waals surface area contributed by atoms with Gasteiger partial charge in [0.15, 0.2) is 5.82 Å². The Morgan fingerprint density at radius 1 is 1.30 bits per heavy atom. The van der Waals surface area contributed by atoms with E-state index in [1.807, 2.05) is 13.0 Å². The summed E-state index contributed by atoms with van der Waals surface area (Å²) < 4.78 is 31.5. The molecule has 1 heterocycles. The van der Waals surface area contributed by atoms with Crippen LogP contribution in [0.4, 0.5) is 5.82 Å². The number of aryl methyl sites for hydroxylation is 2. The Morgan fingerprint density at radius 2 is 2.04 bits per heavy atom. The topological polar surface area (TPSA) is 101 Å². The summed E-state index contributed by atoms with van der Waals surface area (Å²) in [6.07, 6.45) is 0. The fourth-order valence-corrected chi connectivity index (χ4v) is 3.39. The fraction of sp³-hybridized carbons (Fsp3) is 0.333. The Balaban J connectivity index is 1.97. The maximum Gasteiger partial charge on any atom is 0.243 e. The quantitative estimate of drug-likeness (QED) is 0.836. The van der Waals surface area contributed by atoms with Gasteiger partial charge in [-0.2, -0.15) is 0 Å². The summed E-state index contributed by atoms with van der Waals surface area (Å²) in [6, 6.07) is 7.83. The molecule has 23 heavy (non-hydrogen) atoms. The van der Waals surface area contributed by atoms with Gasteiger partial charge >= 0.3 is 0 Å². The number of aromatic nitrogens is 1. The van der Waals surface area contributed by atoms with E-state index >= 15 is 0 Å². The van der Waals surface area contributed by atoms with Crippen molar-refractivity contribution < 1.29 is 17.7 Å². The maximum absolute atomic E-state index is 12.2. The van der Waals surface area contributed by atoms with E-state index in [-0.39, 0.29) is 11.6 Å². The third kappa shape index (κ3) is 5.19. The summed E-state index contributed by atoms with van der Waals surface area (Å²) in [5, 5.41) is 6.12. The van der Waals surface area contributed by atoms with Gasteiger partial charge < -0.3 is 9.84 Å². The van der Waals surface area contributed by atoms with Gasteiger partial charge in [-0.25, -0.2) is 13.1 Å². The molecule has 7 nitrogen and oxygen atoms in total. The number of benzene rings is 1. The molecule has 0 bridgehead atoms. The van der Waals surface area contributed by atoms with Crippen LogP contribution in [0.2, 0.25) is 0 Å². The number of amides is 1. The number of hydrogen-bond acceptors (Lipinski definition) is 5. The average Bonchev–Trinajstić information content (AvgIpc) is 2.82. The van der Waals surface area contributed by atoms with Gasteiger partial charge in [0.05, 0.1) is 11.8 Å². The van der Waals surface area contributed by atoms with Crippen molar-refractivity contribution in [2.75, 3.05) is 5.32 Å². The highest BCUT2D eigenvalue weighted by molar-refractivity contribution is 7.88. The highest BCUT2D eigenvalue weighted by atomic mass is 32.2. The number of rotatable bonds is 6. The van der Waals surface area contributed by atoms with Crippen LogP contribution in [0.15, 0.2) is 34.9 Å². The van der Waals surface area contributed by atoms with E-state index in [0.29, 0.717) is 11.3 Å². The summed E-state index contributed by atoms with van der Waals surface area (Å²) in [6.45, 7) is 5.05. The molecule has 124 valence electrons. The van der Waals surface area contributed by atoms with Gasteiger partial charge in [-0.05, 0) is 26.3 Å². The molecule has 0 radical (unpaired) electrons. The molecule has 1 amide bonds. The minimum Gasteiger partial charge on any atom is -0.360 e. The molecule has 0 saturated carbocycles. The third-order valence-electron chi connectivity index (χ3n) is 3.07. The first-order valence-corrected chi connectivity index (χ1v) is 8.70. The van der Waals surface area contributed by atoms with E-state index < -0.39 is 22.0 Å². The molecule has 1 aromatic carbocycles. The zero-order valence-electron chi connectivity index (χ0n) is 13.2. The van der Waals surface area contributed by atoms with Crippen LogP contribution < -0.4 is 10.0 Å². The second-order valence-electron chi connectivity index (χ2n) is 5.40. The molecule has 0 spiro atoms. The summed E-state index contributed by atoms with van der Waals surface area (Å²) in [4.78, 5) is 12.0. The van der Waals surface area contributed by atoms with Crippen molar-refractivity contribution in [3.8, 4) is 0 Å². The number of carbonyl (C=O) groups excluding carboxylic acids is 1. The SMILES string of the molecule is Cc1cccc(CS(=O)(=O)N[C@H](C)C(=O)Nc2cc(C)on2)c1. The van der Waals surface area contributed by atoms with Gasteiger partial charge in [0.1, 0.15) is 5.76 Å². The van der Waals surface area contributed by atoms with Crippen LogP contribution in [-0.4, -0.2) is 25.5 Å². The van der Waals surface area contributed by atoms with Gasteiger partial charge in [0.2, 0.25) is 15.9 Å². The lowest BCUT2D eigenvalue weighted by Gasteiger charge is -2.13. The van der Waals surface area contributed by atoms with Gasteiger partial charge in [-0.1, -0.05) is 35.0 Å². The Hall–Kier alpha value is -2.19. The summed E-state index contributed by atoms with van der Waals surface area (Å²) in [7, 11) is -3.64. The van der Waals surface area contributed by atoms with Crippen molar-refractivity contribution in [3.63, 3.8) is 0 Å². The van der Waals surface area contributed by atoms with E-state index in [1.165, 1.54) is 6.92 Å². The maximum atomic E-state index is 12.2. The first-order chi connectivity index (χ1) is 10.7. The minimum atomic E-state index is -3.64. The van der Waals surface area contributed by atoms with Gasteiger partial charge in [-0.3, -0.25) is 4.79 Å². The number of nitrogens with zero attached hydrogens (tertiary/aromatic N) is 1. The van der Waals surface area contributed by atoms with E-state index in [0.717, 1.165) is 5.56 Å². The summed E-state index contributed by atoms with van der Waals surface area (Å²) >= 11 is 0. The lowest BCUT2D eigenvalue weighted by atomic mass is 10.2. The van der Waals surface area contributed by atoms with E-state index in [4.69, 9.17) is 4.52 Å². The van der Waals surface area contributed by atoms with Gasteiger partial charge in [0.25, 0.3) is 0 Å². The van der Waals surface area contributed by atoms with Crippen molar-refractivity contribution >= 4 is 21.7 Å². The van der Waals surface area contributed by atoms with Crippen LogP contribution in [0.25, 0.3) is 0 Å². The minimum absolute atomic E-state index is 0.185. The molecule has 0 aliphatic rings. The van der Waals surface area contributed by atoms with Gasteiger partial charge in [0, 0.05) is 6.07 Å². The molecular formula is C15H19N3O4S. The first-order valence-electron chi connectivity index (χ1n) is 7.05. The number of anilines is 1. The van der Waals surface area contributed by atoms with Crippen LogP contribution in [0.1, 0.15) is 23.8 Å². The highest BCUT2D eigenvalue weighted by Crippen LogP contribution is 2.10. The van der Waals surface area contributed by atoms with Crippen molar-refractivity contribution in [1.82, 2.24) is 9.88 Å². The van der Waals surface area contributed by atoms with Crippen molar-refractivity contribution in [1.29, 1.82) is 0 Å². The largest absolute Gasteiger partial charge is 0.360 e. The molecule has 1 atom stereocenters. The molecule has 8 heteroatoms. The zero-order valence-corrected chi connectivity index (χ0v) is 14.0. The number of nitrogens with one attached hydrogen (secondary N) is 2. The van der Waals surface area contributed by atoms with Gasteiger partial charge in [-0.15, -0.1) is 0 Å². The van der Waals surface area contributed by atoms with Crippen LogP contribution in [0, 0.1) is 13.8 Å². The lowest BCUT2D eigenvalue weighted by molar-refractivity contribution is -0.117. The van der Waals surface area contributed by atoms with E-state index in [1.54, 1.807) is 31.2 Å². The van der Waals surface area contributed by atoms with Crippen molar-refractivity contribution in [2.45, 2.75) is 32.6 Å². The monoisotopic (exact) mass is 337 g/mol. The van der Waals surface area contributed by atoms with Crippen LogP contribution in [0.5, 0.6) is 0 Å². The highest BCUT2D eigenvalue weighted by Gasteiger charge is 2.21. The number of sulfonamides is 1. The normalized spacial score (nSPS) is 12.8. The summed E-state index contributed by atoms with van der Waals surface area (Å²) in [5.74, 6) is 0.103. The molecule has 1 aromatic heterocycles. The Morgan fingerprint density at radius 3 is 2.65 bits per heavy atom. The standard InChI is InChI=1S/C15H19N3O4S/c1-10-5-4-6-13(7-10)9-23(20,21)18-12(3)15(19)16-14-8-11(2)22-17-14/h4-8,12,18H,9H2,1-3H3,(H,16,17,19)/t12-/m1/s1. The Bertz CT molecular complexity index is 799. The molecule has 2 rings (SSSR count). The molecule has 2 N–H and O–H groups in total. The first kappa shape index (κ1) is 17.2. The van der Waals surface area contributed by atoms with Crippen LogP contribution >= 0.6 is 0 Å². The van der Waals surface area contributed by atoms with E-state index in [2.05, 4.69) is 15.2 Å². The van der Waals surface area contributed by atoms with Crippen LogP contribution in [-0.2, 0) is 20.6 Å². The lowest BCUT2D eigenvalue weighted by Crippen LogP contribution is -2.42. The zero-order chi connectivity index (χ0) is 17.0. The molecule has 0 saturated heterocycles. The molecule has 2 aromatic rings. The van der Waals surface area contributed by atoms with Crippen molar-refractivity contribution in [2.24, 2.45) is 0 Å². The van der Waals surface area contributed by atoms with Crippen LogP contribution in [0.3, 0.4) is 0 Å². The Kier molecular flexibility index (Phi) is 5.17. The summed E-state index contributed by atoms with van der Waals surface area (Å²) in [5.41, 5.74) is 1.64. The predicted molar refractivity (Wildman–Crippen MR) is 86.3 cm³/mol. The molecule has 0 aliphatic heterocycles. The number of carbonyl (C=O) groups is 1. The predicted octanol–water partition coefficient (Wildman–Crippen LogP) is 1.74. The Labute approximate surface area is 135 Å².